The van der Waals surface area contributed by atoms with Gasteiger partial charge >= 0.3 is 0 Å². The molecule has 2 N–H and O–H groups in total. The summed E-state index contributed by atoms with van der Waals surface area (Å²) >= 11 is 0. The molecule has 0 radical (unpaired) electrons. The van der Waals surface area contributed by atoms with Crippen LogP contribution in [0.3, 0.4) is 0 Å². The predicted octanol–water partition coefficient (Wildman–Crippen LogP) is 6.74. The normalized spacial score (nSPS) is 13.6. The second-order valence-electron chi connectivity index (χ2n) is 9.81. The minimum Gasteiger partial charge on any atom is -0.354 e. The predicted molar refractivity (Wildman–Crippen MR) is 164 cm³/mol. The van der Waals surface area contributed by atoms with Crippen molar-refractivity contribution in [3.63, 3.8) is 0 Å². The van der Waals surface area contributed by atoms with Crippen molar-refractivity contribution in [2.45, 2.75) is 20.4 Å². The molecule has 1 heterocycles. The zero-order valence-corrected chi connectivity index (χ0v) is 23.1. The summed E-state index contributed by atoms with van der Waals surface area (Å²) in [7, 11) is 1.76. The van der Waals surface area contributed by atoms with Crippen LogP contribution in [0.5, 0.6) is 0 Å². The largest absolute Gasteiger partial charge is 0.354 e. The minimum absolute atomic E-state index is 0.147. The van der Waals surface area contributed by atoms with Crippen molar-refractivity contribution in [2.24, 2.45) is 0 Å². The molecule has 0 bridgehead atoms. The number of hydrogen-bond acceptors (Lipinski definition) is 4. The topological polar surface area (TPSA) is 64.7 Å². The van der Waals surface area contributed by atoms with Crippen molar-refractivity contribution in [1.29, 1.82) is 0 Å². The highest BCUT2D eigenvalue weighted by Crippen LogP contribution is 2.38. The van der Waals surface area contributed by atoms with Gasteiger partial charge in [-0.3, -0.25) is 14.5 Å². The van der Waals surface area contributed by atoms with E-state index in [4.69, 9.17) is 0 Å². The summed E-state index contributed by atoms with van der Waals surface area (Å²) in [5.74, 6) is -0.355. The SMILES string of the molecule is CCN(CC)Cc1ccc(NC(=C2C(=O)Nc3ccc(C(=O)N(C)c4ccccc4)cc32)c2ccccc2)cc1. The standard InChI is InChI=1S/C34H34N4O2/c1-4-38(5-2)23-24-16-19-27(20-17-24)35-32(25-12-8-6-9-13-25)31-29-22-26(18-21-30(29)36-33(31)39)34(40)37(3)28-14-10-7-11-15-28/h6-22,35H,4-5,23H2,1-3H3,(H,36,39). The van der Waals surface area contributed by atoms with Crippen LogP contribution in [-0.2, 0) is 11.3 Å². The first-order chi connectivity index (χ1) is 19.5. The number of nitrogens with zero attached hydrogens (tertiary/aromatic N) is 2. The van der Waals surface area contributed by atoms with Crippen molar-refractivity contribution in [3.8, 4) is 0 Å². The summed E-state index contributed by atoms with van der Waals surface area (Å²) in [6.07, 6.45) is 0. The Morgan fingerprint density at radius 1 is 0.800 bits per heavy atom. The summed E-state index contributed by atoms with van der Waals surface area (Å²) in [4.78, 5) is 30.8. The molecule has 0 spiro atoms. The second kappa shape index (κ2) is 12.0. The van der Waals surface area contributed by atoms with Crippen LogP contribution in [0.2, 0.25) is 0 Å². The Morgan fingerprint density at radius 3 is 2.10 bits per heavy atom. The molecule has 0 saturated carbocycles. The van der Waals surface area contributed by atoms with E-state index in [1.54, 1.807) is 24.1 Å². The molecule has 2 amide bonds. The molecule has 0 fully saturated rings. The summed E-state index contributed by atoms with van der Waals surface area (Å²) in [6.45, 7) is 7.23. The highest BCUT2D eigenvalue weighted by atomic mass is 16.2. The maximum Gasteiger partial charge on any atom is 0.258 e. The van der Waals surface area contributed by atoms with Crippen molar-refractivity contribution in [3.05, 3.63) is 125 Å². The summed E-state index contributed by atoms with van der Waals surface area (Å²) < 4.78 is 0. The third-order valence-electron chi connectivity index (χ3n) is 7.30. The Balaban J connectivity index is 1.53. The molecular formula is C34H34N4O2. The average Bonchev–Trinajstić information content (AvgIpc) is 3.34. The number of anilines is 3. The molecule has 202 valence electrons. The van der Waals surface area contributed by atoms with Gasteiger partial charge in [-0.1, -0.05) is 74.5 Å². The van der Waals surface area contributed by atoms with Gasteiger partial charge in [0.1, 0.15) is 0 Å². The van der Waals surface area contributed by atoms with Crippen molar-refractivity contribution >= 4 is 40.1 Å². The number of nitrogens with one attached hydrogen (secondary N) is 2. The molecule has 0 aromatic heterocycles. The molecule has 40 heavy (non-hydrogen) atoms. The minimum atomic E-state index is -0.208. The van der Waals surface area contributed by atoms with Gasteiger partial charge in [-0.05, 0) is 66.7 Å². The Hall–Kier alpha value is -4.68. The van der Waals surface area contributed by atoms with Crippen LogP contribution in [0, 0.1) is 0 Å². The fourth-order valence-corrected chi connectivity index (χ4v) is 4.94. The fourth-order valence-electron chi connectivity index (χ4n) is 4.94. The van der Waals surface area contributed by atoms with Crippen LogP contribution in [0.25, 0.3) is 11.3 Å². The molecule has 5 rings (SSSR count). The van der Waals surface area contributed by atoms with Gasteiger partial charge in [0, 0.05) is 41.8 Å². The van der Waals surface area contributed by atoms with Gasteiger partial charge in [0.2, 0.25) is 0 Å². The first kappa shape index (κ1) is 26.9. The van der Waals surface area contributed by atoms with E-state index < -0.39 is 0 Å². The van der Waals surface area contributed by atoms with Gasteiger partial charge in [0.15, 0.2) is 0 Å². The number of amides is 2. The van der Waals surface area contributed by atoms with E-state index in [2.05, 4.69) is 41.5 Å². The number of para-hydroxylation sites is 1. The number of fused-ring (bicyclic) bond motifs is 1. The van der Waals surface area contributed by atoms with Gasteiger partial charge in [-0.2, -0.15) is 0 Å². The monoisotopic (exact) mass is 530 g/mol. The molecule has 0 saturated heterocycles. The van der Waals surface area contributed by atoms with Gasteiger partial charge in [0.05, 0.1) is 11.3 Å². The highest BCUT2D eigenvalue weighted by Gasteiger charge is 2.30. The van der Waals surface area contributed by atoms with E-state index in [0.717, 1.165) is 36.6 Å². The van der Waals surface area contributed by atoms with E-state index in [-0.39, 0.29) is 11.8 Å². The molecule has 0 atom stereocenters. The quantitative estimate of drug-likeness (QED) is 0.235. The zero-order valence-electron chi connectivity index (χ0n) is 23.1. The number of benzene rings is 4. The Kier molecular flexibility index (Phi) is 8.08. The lowest BCUT2D eigenvalue weighted by atomic mass is 9.98. The van der Waals surface area contributed by atoms with E-state index in [1.807, 2.05) is 78.9 Å². The Labute approximate surface area is 235 Å². The van der Waals surface area contributed by atoms with Crippen molar-refractivity contribution < 1.29 is 9.59 Å². The van der Waals surface area contributed by atoms with Crippen LogP contribution >= 0.6 is 0 Å². The molecule has 1 aliphatic heterocycles. The number of rotatable bonds is 9. The Morgan fingerprint density at radius 2 is 1.45 bits per heavy atom. The van der Waals surface area contributed by atoms with Crippen LogP contribution in [-0.4, -0.2) is 36.9 Å². The van der Waals surface area contributed by atoms with E-state index in [9.17, 15) is 9.59 Å². The molecule has 4 aromatic rings. The number of carbonyl (C=O) groups is 2. The number of carbonyl (C=O) groups excluding carboxylic acids is 2. The molecule has 1 aliphatic rings. The van der Waals surface area contributed by atoms with E-state index in [0.29, 0.717) is 28.1 Å². The Bertz CT molecular complexity index is 1530. The van der Waals surface area contributed by atoms with Gasteiger partial charge in [-0.25, -0.2) is 0 Å². The van der Waals surface area contributed by atoms with E-state index >= 15 is 0 Å². The maximum atomic E-state index is 13.4. The molecule has 0 aliphatic carbocycles. The molecule has 4 aromatic carbocycles. The summed E-state index contributed by atoms with van der Waals surface area (Å²) in [5, 5.41) is 6.51. The zero-order chi connectivity index (χ0) is 28.1. The third kappa shape index (κ3) is 5.67. The van der Waals surface area contributed by atoms with Crippen LogP contribution in [0.15, 0.2) is 103 Å². The lowest BCUT2D eigenvalue weighted by molar-refractivity contribution is -0.110. The third-order valence-corrected chi connectivity index (χ3v) is 7.30. The van der Waals surface area contributed by atoms with Crippen molar-refractivity contribution in [1.82, 2.24) is 4.90 Å². The van der Waals surface area contributed by atoms with Crippen LogP contribution in [0.4, 0.5) is 17.1 Å². The summed E-state index contributed by atoms with van der Waals surface area (Å²) in [6, 6.07) is 33.0. The number of hydrogen-bond donors (Lipinski definition) is 2. The molecule has 6 heteroatoms. The van der Waals surface area contributed by atoms with E-state index in [1.165, 1.54) is 5.56 Å². The summed E-state index contributed by atoms with van der Waals surface area (Å²) in [5.41, 5.74) is 6.88. The fraction of sp³-hybridized carbons (Fsp3) is 0.176. The first-order valence-electron chi connectivity index (χ1n) is 13.6. The lowest BCUT2D eigenvalue weighted by Gasteiger charge is -2.19. The lowest BCUT2D eigenvalue weighted by Crippen LogP contribution is -2.26. The first-order valence-corrected chi connectivity index (χ1v) is 13.6. The van der Waals surface area contributed by atoms with Gasteiger partial charge in [-0.15, -0.1) is 0 Å². The smallest absolute Gasteiger partial charge is 0.258 e. The highest BCUT2D eigenvalue weighted by molar-refractivity contribution is 6.37. The average molecular weight is 531 g/mol. The van der Waals surface area contributed by atoms with Crippen LogP contribution in [0.1, 0.15) is 40.9 Å². The molecular weight excluding hydrogens is 496 g/mol. The van der Waals surface area contributed by atoms with Gasteiger partial charge in [0.25, 0.3) is 11.8 Å². The van der Waals surface area contributed by atoms with Gasteiger partial charge < -0.3 is 15.5 Å². The molecule has 0 unspecified atom stereocenters. The van der Waals surface area contributed by atoms with Crippen LogP contribution < -0.4 is 15.5 Å². The molecule has 6 nitrogen and oxygen atoms in total. The van der Waals surface area contributed by atoms with Crippen molar-refractivity contribution in [2.75, 3.05) is 35.7 Å². The maximum absolute atomic E-state index is 13.4. The second-order valence-corrected chi connectivity index (χ2v) is 9.81.